The molecule has 0 radical (unpaired) electrons. The smallest absolute Gasteiger partial charge is 0.262 e. The fraction of sp³-hybridized carbons (Fsp3) is 0.526. The molecule has 3 rings (SSSR count). The van der Waals surface area contributed by atoms with Gasteiger partial charge >= 0.3 is 0 Å². The Balaban J connectivity index is 0.00000243. The average Bonchev–Trinajstić information content (AvgIpc) is 2.87. The molecule has 2 atom stereocenters. The second kappa shape index (κ2) is 8.18. The number of amides is 3. The quantitative estimate of drug-likeness (QED) is 0.812. The van der Waals surface area contributed by atoms with Gasteiger partial charge in [0.15, 0.2) is 0 Å². The summed E-state index contributed by atoms with van der Waals surface area (Å²) in [5.41, 5.74) is 0.774. The molecule has 2 aliphatic rings. The summed E-state index contributed by atoms with van der Waals surface area (Å²) in [7, 11) is 1.89. The molecule has 142 valence electrons. The van der Waals surface area contributed by atoms with Crippen molar-refractivity contribution in [1.82, 2.24) is 15.1 Å². The number of rotatable bonds is 4. The largest absolute Gasteiger partial charge is 0.339 e. The molecule has 1 aromatic carbocycles. The Hall–Kier alpha value is -1.92. The van der Waals surface area contributed by atoms with Crippen LogP contribution in [0, 0.1) is 5.92 Å². The van der Waals surface area contributed by atoms with Crippen LogP contribution in [0.4, 0.5) is 0 Å². The Kier molecular flexibility index (Phi) is 6.42. The molecular weight excluding hydrogens is 354 g/mol. The Labute approximate surface area is 160 Å². The van der Waals surface area contributed by atoms with Crippen molar-refractivity contribution in [2.45, 2.75) is 38.8 Å². The number of carbonyl (C=O) groups is 3. The molecule has 2 aliphatic heterocycles. The van der Waals surface area contributed by atoms with Crippen LogP contribution in [0.15, 0.2) is 24.3 Å². The lowest BCUT2D eigenvalue weighted by molar-refractivity contribution is -0.138. The Morgan fingerprint density at radius 2 is 1.73 bits per heavy atom. The maximum atomic E-state index is 13.2. The first-order valence-corrected chi connectivity index (χ1v) is 8.88. The van der Waals surface area contributed by atoms with Gasteiger partial charge in [-0.3, -0.25) is 19.3 Å². The van der Waals surface area contributed by atoms with Gasteiger partial charge in [-0.05, 0) is 37.9 Å². The highest BCUT2D eigenvalue weighted by atomic mass is 35.5. The van der Waals surface area contributed by atoms with Crippen molar-refractivity contribution in [3.05, 3.63) is 35.4 Å². The van der Waals surface area contributed by atoms with Gasteiger partial charge in [-0.15, -0.1) is 12.4 Å². The van der Waals surface area contributed by atoms with E-state index in [9.17, 15) is 14.4 Å². The predicted molar refractivity (Wildman–Crippen MR) is 101 cm³/mol. The first kappa shape index (κ1) is 20.4. The minimum Gasteiger partial charge on any atom is -0.339 e. The first-order chi connectivity index (χ1) is 12.0. The van der Waals surface area contributed by atoms with E-state index in [1.165, 1.54) is 4.90 Å². The summed E-state index contributed by atoms with van der Waals surface area (Å²) >= 11 is 0. The number of fused-ring (bicyclic) bond motifs is 1. The average molecular weight is 380 g/mol. The van der Waals surface area contributed by atoms with Crippen LogP contribution in [0.3, 0.4) is 0 Å². The number of hydrogen-bond donors (Lipinski definition) is 1. The van der Waals surface area contributed by atoms with Gasteiger partial charge in [0.25, 0.3) is 11.8 Å². The van der Waals surface area contributed by atoms with Gasteiger partial charge in [0.1, 0.15) is 6.04 Å². The third-order valence-electron chi connectivity index (χ3n) is 5.13. The van der Waals surface area contributed by atoms with Crippen molar-refractivity contribution in [3.8, 4) is 0 Å². The normalized spacial score (nSPS) is 20.8. The summed E-state index contributed by atoms with van der Waals surface area (Å²) in [6.07, 6.45) is 1.95. The van der Waals surface area contributed by atoms with E-state index in [4.69, 9.17) is 0 Å². The molecule has 6 nitrogen and oxygen atoms in total. The fourth-order valence-corrected chi connectivity index (χ4v) is 3.75. The van der Waals surface area contributed by atoms with E-state index in [0.29, 0.717) is 24.2 Å². The van der Waals surface area contributed by atoms with E-state index >= 15 is 0 Å². The van der Waals surface area contributed by atoms with E-state index in [-0.39, 0.29) is 42.1 Å². The molecular formula is C19H26ClN3O3. The number of likely N-dealkylation sites (N-methyl/N-ethyl adjacent to an activating group) is 1. The third kappa shape index (κ3) is 3.48. The summed E-state index contributed by atoms with van der Waals surface area (Å²) < 4.78 is 0. The first-order valence-electron chi connectivity index (χ1n) is 8.88. The zero-order valence-electron chi connectivity index (χ0n) is 15.4. The summed E-state index contributed by atoms with van der Waals surface area (Å²) in [5.74, 6) is -1.02. The van der Waals surface area contributed by atoms with Gasteiger partial charge in [0, 0.05) is 19.1 Å². The minimum absolute atomic E-state index is 0. The molecule has 1 aromatic rings. The lowest BCUT2D eigenvalue weighted by Gasteiger charge is -2.38. The summed E-state index contributed by atoms with van der Waals surface area (Å²) in [5, 5.41) is 3.22. The maximum Gasteiger partial charge on any atom is 0.262 e. The van der Waals surface area contributed by atoms with Gasteiger partial charge in [0.2, 0.25) is 5.91 Å². The predicted octanol–water partition coefficient (Wildman–Crippen LogP) is 1.94. The Bertz CT molecular complexity index is 672. The molecule has 0 bridgehead atoms. The van der Waals surface area contributed by atoms with Crippen LogP contribution >= 0.6 is 12.4 Å². The van der Waals surface area contributed by atoms with Crippen LogP contribution < -0.4 is 5.32 Å². The van der Waals surface area contributed by atoms with Crippen molar-refractivity contribution in [2.75, 3.05) is 20.1 Å². The summed E-state index contributed by atoms with van der Waals surface area (Å²) in [6, 6.07) is 6.27. The van der Waals surface area contributed by atoms with E-state index in [1.54, 1.807) is 29.2 Å². The zero-order valence-corrected chi connectivity index (χ0v) is 16.2. The van der Waals surface area contributed by atoms with Crippen LogP contribution in [0.25, 0.3) is 0 Å². The van der Waals surface area contributed by atoms with E-state index in [0.717, 1.165) is 12.8 Å². The molecule has 0 aliphatic carbocycles. The van der Waals surface area contributed by atoms with Crippen LogP contribution in [-0.2, 0) is 4.79 Å². The number of hydrogen-bond acceptors (Lipinski definition) is 4. The molecule has 2 heterocycles. The van der Waals surface area contributed by atoms with Crippen LogP contribution in [-0.4, -0.2) is 59.7 Å². The Morgan fingerprint density at radius 3 is 2.23 bits per heavy atom. The van der Waals surface area contributed by atoms with Gasteiger partial charge in [-0.1, -0.05) is 26.0 Å². The zero-order chi connectivity index (χ0) is 18.1. The molecule has 0 spiro atoms. The van der Waals surface area contributed by atoms with Gasteiger partial charge < -0.3 is 10.2 Å². The number of halogens is 1. The highest BCUT2D eigenvalue weighted by Gasteiger charge is 2.45. The van der Waals surface area contributed by atoms with Crippen LogP contribution in [0.5, 0.6) is 0 Å². The number of nitrogens with one attached hydrogen (secondary N) is 1. The van der Waals surface area contributed by atoms with Crippen molar-refractivity contribution in [2.24, 2.45) is 5.92 Å². The summed E-state index contributed by atoms with van der Waals surface area (Å²) in [6.45, 7) is 5.04. The Morgan fingerprint density at radius 1 is 1.15 bits per heavy atom. The van der Waals surface area contributed by atoms with Crippen molar-refractivity contribution < 1.29 is 14.4 Å². The van der Waals surface area contributed by atoms with E-state index < -0.39 is 6.04 Å². The number of imide groups is 1. The lowest BCUT2D eigenvalue weighted by atomic mass is 9.98. The number of nitrogens with zero attached hydrogens (tertiary/aromatic N) is 2. The van der Waals surface area contributed by atoms with Gasteiger partial charge in [-0.2, -0.15) is 0 Å². The molecule has 1 N–H and O–H groups in total. The molecule has 26 heavy (non-hydrogen) atoms. The molecule has 2 unspecified atom stereocenters. The molecule has 3 amide bonds. The number of carbonyl (C=O) groups excluding carboxylic acids is 3. The van der Waals surface area contributed by atoms with E-state index in [1.807, 2.05) is 20.9 Å². The molecule has 0 saturated carbocycles. The lowest BCUT2D eigenvalue weighted by Crippen LogP contribution is -2.57. The highest BCUT2D eigenvalue weighted by molar-refractivity contribution is 6.22. The standard InChI is InChI=1S/C19H25N3O3.ClH/c1-12(2)16(19(25)21-10-6-7-13(11-21)20-3)22-17(23)14-8-4-5-9-15(14)18(22)24;/h4-5,8-9,12-13,16,20H,6-7,10-11H2,1-3H3;1H. The van der Waals surface area contributed by atoms with Crippen molar-refractivity contribution in [1.29, 1.82) is 0 Å². The van der Waals surface area contributed by atoms with Gasteiger partial charge in [0.05, 0.1) is 11.1 Å². The SMILES string of the molecule is CNC1CCCN(C(=O)C(C(C)C)N2C(=O)c3ccccc3C2=O)C1.Cl. The third-order valence-corrected chi connectivity index (χ3v) is 5.13. The molecule has 1 saturated heterocycles. The van der Waals surface area contributed by atoms with Crippen LogP contribution in [0.2, 0.25) is 0 Å². The monoisotopic (exact) mass is 379 g/mol. The van der Waals surface area contributed by atoms with Crippen LogP contribution in [0.1, 0.15) is 47.4 Å². The number of benzene rings is 1. The second-order valence-corrected chi connectivity index (χ2v) is 7.13. The van der Waals surface area contributed by atoms with E-state index in [2.05, 4.69) is 5.32 Å². The molecule has 0 aromatic heterocycles. The molecule has 1 fully saturated rings. The maximum absolute atomic E-state index is 13.2. The van der Waals surface area contributed by atoms with Crippen molar-refractivity contribution in [3.63, 3.8) is 0 Å². The second-order valence-electron chi connectivity index (χ2n) is 7.13. The number of piperidine rings is 1. The van der Waals surface area contributed by atoms with Gasteiger partial charge in [-0.25, -0.2) is 0 Å². The summed E-state index contributed by atoms with van der Waals surface area (Å²) in [4.78, 5) is 41.7. The fourth-order valence-electron chi connectivity index (χ4n) is 3.75. The van der Waals surface area contributed by atoms with Crippen molar-refractivity contribution >= 4 is 30.1 Å². The minimum atomic E-state index is -0.761. The highest BCUT2D eigenvalue weighted by Crippen LogP contribution is 2.28. The topological polar surface area (TPSA) is 69.7 Å². The molecule has 7 heteroatoms. The number of likely N-dealkylation sites (tertiary alicyclic amines) is 1.